The topological polar surface area (TPSA) is 46.3 Å². The maximum Gasteiger partial charge on any atom is 0.242 e. The van der Waals surface area contributed by atoms with E-state index in [1.807, 2.05) is 31.2 Å². The van der Waals surface area contributed by atoms with Crippen LogP contribution < -0.4 is 5.73 Å². The maximum absolute atomic E-state index is 12.1. The molecule has 0 aromatic heterocycles. The molecule has 0 aliphatic heterocycles. The molecular weight excluding hydrogens is 280 g/mol. The molecule has 1 rings (SSSR count). The molecule has 3 nitrogen and oxygen atoms in total. The van der Waals surface area contributed by atoms with E-state index in [4.69, 9.17) is 5.73 Å². The van der Waals surface area contributed by atoms with E-state index >= 15 is 0 Å². The molecule has 1 atom stereocenters. The molecule has 0 heterocycles. The average Bonchev–Trinajstić information content (AvgIpc) is 2.28. The van der Waals surface area contributed by atoms with Crippen molar-refractivity contribution < 1.29 is 4.79 Å². The number of benzene rings is 1. The SMILES string of the molecule is CCC(C)(N)C(=O)N(C)Cc1cccc(Br)c1. The standard InChI is InChI=1S/C13H19BrN2O/c1-4-13(2,15)12(17)16(3)9-10-6-5-7-11(14)8-10/h5-8H,4,9,15H2,1-3H3. The molecule has 4 heteroatoms. The van der Waals surface area contributed by atoms with E-state index < -0.39 is 5.54 Å². The van der Waals surface area contributed by atoms with Crippen molar-refractivity contribution in [2.24, 2.45) is 5.73 Å². The summed E-state index contributed by atoms with van der Waals surface area (Å²) in [5, 5.41) is 0. The zero-order valence-corrected chi connectivity index (χ0v) is 12.1. The molecule has 17 heavy (non-hydrogen) atoms. The van der Waals surface area contributed by atoms with Gasteiger partial charge in [0.1, 0.15) is 0 Å². The normalized spacial score (nSPS) is 14.2. The monoisotopic (exact) mass is 298 g/mol. The van der Waals surface area contributed by atoms with Gasteiger partial charge in [-0.3, -0.25) is 4.79 Å². The second kappa shape index (κ2) is 5.65. The van der Waals surface area contributed by atoms with Crippen molar-refractivity contribution in [3.8, 4) is 0 Å². The average molecular weight is 299 g/mol. The minimum absolute atomic E-state index is 0.0278. The van der Waals surface area contributed by atoms with Gasteiger partial charge < -0.3 is 10.6 Å². The van der Waals surface area contributed by atoms with Crippen molar-refractivity contribution in [3.63, 3.8) is 0 Å². The Morgan fingerprint density at radius 1 is 1.53 bits per heavy atom. The minimum atomic E-state index is -0.777. The Bertz CT molecular complexity index is 404. The molecule has 0 aliphatic carbocycles. The molecule has 0 radical (unpaired) electrons. The molecule has 1 unspecified atom stereocenters. The summed E-state index contributed by atoms with van der Waals surface area (Å²) in [4.78, 5) is 13.7. The first-order chi connectivity index (χ1) is 7.86. The largest absolute Gasteiger partial charge is 0.340 e. The third-order valence-electron chi connectivity index (χ3n) is 2.88. The number of hydrogen-bond donors (Lipinski definition) is 1. The van der Waals surface area contributed by atoms with Crippen molar-refractivity contribution in [3.05, 3.63) is 34.3 Å². The summed E-state index contributed by atoms with van der Waals surface area (Å²) in [6, 6.07) is 7.92. The van der Waals surface area contributed by atoms with Crippen LogP contribution in [0.15, 0.2) is 28.7 Å². The fraction of sp³-hybridized carbons (Fsp3) is 0.462. The van der Waals surface area contributed by atoms with Gasteiger partial charge in [-0.25, -0.2) is 0 Å². The van der Waals surface area contributed by atoms with Gasteiger partial charge >= 0.3 is 0 Å². The number of carbonyl (C=O) groups excluding carboxylic acids is 1. The summed E-state index contributed by atoms with van der Waals surface area (Å²) in [7, 11) is 1.78. The molecule has 2 N–H and O–H groups in total. The van der Waals surface area contributed by atoms with Crippen LogP contribution in [0.5, 0.6) is 0 Å². The van der Waals surface area contributed by atoms with E-state index in [2.05, 4.69) is 15.9 Å². The van der Waals surface area contributed by atoms with Gasteiger partial charge in [-0.15, -0.1) is 0 Å². The summed E-state index contributed by atoms with van der Waals surface area (Å²) in [6.45, 7) is 4.27. The minimum Gasteiger partial charge on any atom is -0.340 e. The highest BCUT2D eigenvalue weighted by Crippen LogP contribution is 2.15. The van der Waals surface area contributed by atoms with Crippen molar-refractivity contribution in [2.45, 2.75) is 32.4 Å². The second-order valence-corrected chi connectivity index (χ2v) is 5.48. The zero-order valence-electron chi connectivity index (χ0n) is 10.5. The Morgan fingerprint density at radius 3 is 2.71 bits per heavy atom. The predicted octanol–water partition coefficient (Wildman–Crippen LogP) is 2.53. The Labute approximate surface area is 111 Å². The van der Waals surface area contributed by atoms with Gasteiger partial charge in [-0.1, -0.05) is 35.0 Å². The first-order valence-electron chi connectivity index (χ1n) is 5.65. The molecule has 0 saturated heterocycles. The summed E-state index contributed by atoms with van der Waals surface area (Å²) < 4.78 is 1.02. The molecular formula is C13H19BrN2O. The Hall–Kier alpha value is -0.870. The van der Waals surface area contributed by atoms with Gasteiger partial charge in [-0.2, -0.15) is 0 Å². The highest BCUT2D eigenvalue weighted by molar-refractivity contribution is 9.10. The summed E-state index contributed by atoms with van der Waals surface area (Å²) in [5.41, 5.74) is 6.25. The van der Waals surface area contributed by atoms with Crippen LogP contribution in [-0.4, -0.2) is 23.4 Å². The summed E-state index contributed by atoms with van der Waals surface area (Å²) in [6.07, 6.45) is 0.634. The number of likely N-dealkylation sites (N-methyl/N-ethyl adjacent to an activating group) is 1. The van der Waals surface area contributed by atoms with Crippen LogP contribution in [-0.2, 0) is 11.3 Å². The number of rotatable bonds is 4. The first kappa shape index (κ1) is 14.2. The Morgan fingerprint density at radius 2 is 2.18 bits per heavy atom. The highest BCUT2D eigenvalue weighted by atomic mass is 79.9. The van der Waals surface area contributed by atoms with Gasteiger partial charge in [0.2, 0.25) is 5.91 Å². The van der Waals surface area contributed by atoms with Gasteiger partial charge in [0.15, 0.2) is 0 Å². The first-order valence-corrected chi connectivity index (χ1v) is 6.45. The van der Waals surface area contributed by atoms with Crippen molar-refractivity contribution in [1.29, 1.82) is 0 Å². The number of nitrogens with zero attached hydrogens (tertiary/aromatic N) is 1. The van der Waals surface area contributed by atoms with Crippen LogP contribution >= 0.6 is 15.9 Å². The molecule has 1 aromatic carbocycles. The van der Waals surface area contributed by atoms with Crippen LogP contribution in [0.25, 0.3) is 0 Å². The second-order valence-electron chi connectivity index (χ2n) is 4.56. The Kier molecular flexibility index (Phi) is 4.71. The van der Waals surface area contributed by atoms with Gasteiger partial charge in [0, 0.05) is 18.1 Å². The van der Waals surface area contributed by atoms with Gasteiger partial charge in [-0.05, 0) is 31.0 Å². The molecule has 0 aliphatic rings. The molecule has 0 saturated carbocycles. The molecule has 1 amide bonds. The van der Waals surface area contributed by atoms with Gasteiger partial charge in [0.05, 0.1) is 5.54 Å². The van der Waals surface area contributed by atoms with Crippen LogP contribution in [0.2, 0.25) is 0 Å². The van der Waals surface area contributed by atoms with E-state index in [-0.39, 0.29) is 5.91 Å². The third kappa shape index (κ3) is 3.82. The van der Waals surface area contributed by atoms with E-state index in [1.54, 1.807) is 18.9 Å². The lowest BCUT2D eigenvalue weighted by atomic mass is 9.98. The van der Waals surface area contributed by atoms with Crippen LogP contribution in [0.4, 0.5) is 0 Å². The fourth-order valence-corrected chi connectivity index (χ4v) is 2.01. The van der Waals surface area contributed by atoms with E-state index in [0.29, 0.717) is 13.0 Å². The zero-order chi connectivity index (χ0) is 13.1. The lowest BCUT2D eigenvalue weighted by Gasteiger charge is -2.28. The molecule has 1 aromatic rings. The molecule has 0 bridgehead atoms. The fourth-order valence-electron chi connectivity index (χ4n) is 1.57. The van der Waals surface area contributed by atoms with E-state index in [1.165, 1.54) is 0 Å². The number of nitrogens with two attached hydrogens (primary N) is 1. The lowest BCUT2D eigenvalue weighted by Crippen LogP contribution is -2.51. The highest BCUT2D eigenvalue weighted by Gasteiger charge is 2.28. The summed E-state index contributed by atoms with van der Waals surface area (Å²) >= 11 is 3.41. The van der Waals surface area contributed by atoms with Crippen molar-refractivity contribution in [2.75, 3.05) is 7.05 Å². The van der Waals surface area contributed by atoms with E-state index in [0.717, 1.165) is 10.0 Å². The van der Waals surface area contributed by atoms with E-state index in [9.17, 15) is 4.79 Å². The predicted molar refractivity (Wildman–Crippen MR) is 73.5 cm³/mol. The molecule has 0 spiro atoms. The van der Waals surface area contributed by atoms with Crippen molar-refractivity contribution >= 4 is 21.8 Å². The van der Waals surface area contributed by atoms with Gasteiger partial charge in [0.25, 0.3) is 0 Å². The van der Waals surface area contributed by atoms with Crippen LogP contribution in [0.1, 0.15) is 25.8 Å². The van der Waals surface area contributed by atoms with Crippen LogP contribution in [0.3, 0.4) is 0 Å². The number of carbonyl (C=O) groups is 1. The molecule has 94 valence electrons. The number of hydrogen-bond acceptors (Lipinski definition) is 2. The lowest BCUT2D eigenvalue weighted by molar-refractivity contribution is -0.135. The third-order valence-corrected chi connectivity index (χ3v) is 3.37. The maximum atomic E-state index is 12.1. The Balaban J connectivity index is 2.73. The molecule has 0 fully saturated rings. The smallest absolute Gasteiger partial charge is 0.242 e. The van der Waals surface area contributed by atoms with Crippen LogP contribution in [0, 0.1) is 0 Å². The quantitative estimate of drug-likeness (QED) is 0.928. The van der Waals surface area contributed by atoms with Crippen molar-refractivity contribution in [1.82, 2.24) is 4.90 Å². The summed E-state index contributed by atoms with van der Waals surface area (Å²) in [5.74, 6) is -0.0278. The number of amides is 1. The number of halogens is 1.